The molecule has 3 N–H and O–H groups in total. The van der Waals surface area contributed by atoms with Crippen LogP contribution in [0.5, 0.6) is 0 Å². The Hall–Kier alpha value is -2.74. The van der Waals surface area contributed by atoms with Gasteiger partial charge in [0.15, 0.2) is 0 Å². The topological polar surface area (TPSA) is 105 Å². The number of hydrogen-bond donors (Lipinski definition) is 2. The molecular formula is C31H46N4O3S. The largest absolute Gasteiger partial charge is 0.369 e. The normalized spacial score (nSPS) is 19.2. The fourth-order valence-corrected chi connectivity index (χ4v) is 6.45. The number of carbonyl (C=O) groups is 3. The molecule has 0 spiro atoms. The molecule has 1 heterocycles. The van der Waals surface area contributed by atoms with Crippen molar-refractivity contribution in [3.63, 3.8) is 0 Å². The number of benzene rings is 1. The van der Waals surface area contributed by atoms with Crippen LogP contribution in [0.2, 0.25) is 0 Å². The number of primary amides is 1. The number of nitrogens with zero attached hydrogens (tertiary/aromatic N) is 2. The predicted octanol–water partition coefficient (Wildman–Crippen LogP) is 5.65. The van der Waals surface area contributed by atoms with Gasteiger partial charge in [0.2, 0.25) is 11.8 Å². The fourth-order valence-electron chi connectivity index (χ4n) is 5.58. The Bertz CT molecular complexity index is 1130. The highest BCUT2D eigenvalue weighted by molar-refractivity contribution is 7.09. The van der Waals surface area contributed by atoms with Crippen LogP contribution in [-0.4, -0.2) is 46.2 Å². The molecule has 0 bridgehead atoms. The number of fused-ring (bicyclic) bond motifs is 1. The number of thiazole rings is 1. The summed E-state index contributed by atoms with van der Waals surface area (Å²) in [7, 11) is 0. The molecule has 8 heteroatoms. The van der Waals surface area contributed by atoms with Gasteiger partial charge in [0.1, 0.15) is 5.69 Å². The number of rotatable bonds is 13. The minimum atomic E-state index is -0.409. The summed E-state index contributed by atoms with van der Waals surface area (Å²) >= 11 is 1.49. The Morgan fingerprint density at radius 2 is 1.87 bits per heavy atom. The second-order valence-corrected chi connectivity index (χ2v) is 12.5. The van der Waals surface area contributed by atoms with Crippen molar-refractivity contribution >= 4 is 29.1 Å². The molecule has 1 aliphatic rings. The van der Waals surface area contributed by atoms with Crippen molar-refractivity contribution in [1.29, 1.82) is 0 Å². The van der Waals surface area contributed by atoms with Crippen molar-refractivity contribution in [2.75, 3.05) is 6.54 Å². The molecule has 7 nitrogen and oxygen atoms in total. The molecule has 1 aromatic carbocycles. The summed E-state index contributed by atoms with van der Waals surface area (Å²) in [6.45, 7) is 13.6. The molecule has 5 atom stereocenters. The van der Waals surface area contributed by atoms with Crippen LogP contribution in [0.3, 0.4) is 0 Å². The average molecular weight is 555 g/mol. The van der Waals surface area contributed by atoms with Crippen LogP contribution >= 0.6 is 11.3 Å². The van der Waals surface area contributed by atoms with Crippen LogP contribution in [0.25, 0.3) is 0 Å². The van der Waals surface area contributed by atoms with Crippen molar-refractivity contribution in [3.8, 4) is 0 Å². The lowest BCUT2D eigenvalue weighted by atomic mass is 9.79. The van der Waals surface area contributed by atoms with Gasteiger partial charge in [-0.05, 0) is 48.6 Å². The van der Waals surface area contributed by atoms with Crippen molar-refractivity contribution in [1.82, 2.24) is 15.2 Å². The molecule has 0 aliphatic heterocycles. The number of nitrogens with one attached hydrogen (secondary N) is 1. The lowest BCUT2D eigenvalue weighted by molar-refractivity contribution is -0.135. The highest BCUT2D eigenvalue weighted by Crippen LogP contribution is 2.32. The zero-order valence-electron chi connectivity index (χ0n) is 24.4. The molecule has 0 radical (unpaired) electrons. The van der Waals surface area contributed by atoms with Gasteiger partial charge >= 0.3 is 0 Å². The van der Waals surface area contributed by atoms with Crippen LogP contribution in [-0.2, 0) is 16.0 Å². The van der Waals surface area contributed by atoms with Crippen molar-refractivity contribution in [2.24, 2.45) is 17.6 Å². The lowest BCUT2D eigenvalue weighted by Crippen LogP contribution is -2.45. The van der Waals surface area contributed by atoms with Gasteiger partial charge in [-0.1, -0.05) is 72.2 Å². The van der Waals surface area contributed by atoms with E-state index < -0.39 is 5.92 Å². The van der Waals surface area contributed by atoms with Gasteiger partial charge in [0, 0.05) is 36.3 Å². The van der Waals surface area contributed by atoms with Gasteiger partial charge in [0.25, 0.3) is 5.91 Å². The zero-order valence-corrected chi connectivity index (χ0v) is 25.2. The molecule has 5 unspecified atom stereocenters. The standard InChI is InChI=1S/C31H46N4O3S/c1-7-13-35(28(36)14-20(5)8-2)27(19(3)4)15-21(6)31-34-26(18-39-31)30(38)33-23-16-22-11-9-10-12-24(22)25(17-23)29(32)37/h9-12,18-21,23,25,27H,7-8,13-17H2,1-6H3,(H2,32,37)(H,33,38). The van der Waals surface area contributed by atoms with E-state index in [0.29, 0.717) is 36.8 Å². The molecule has 0 saturated carbocycles. The third-order valence-electron chi connectivity index (χ3n) is 8.04. The smallest absolute Gasteiger partial charge is 0.270 e. The van der Waals surface area contributed by atoms with Crippen LogP contribution in [0.1, 0.15) is 112 Å². The van der Waals surface area contributed by atoms with Crippen molar-refractivity contribution in [3.05, 3.63) is 51.5 Å². The Morgan fingerprint density at radius 1 is 1.15 bits per heavy atom. The first-order valence-electron chi connectivity index (χ1n) is 14.5. The van der Waals surface area contributed by atoms with Crippen molar-refractivity contribution < 1.29 is 14.4 Å². The molecular weight excluding hydrogens is 508 g/mol. The molecule has 2 aromatic rings. The van der Waals surface area contributed by atoms with Gasteiger partial charge in [-0.25, -0.2) is 4.98 Å². The third kappa shape index (κ3) is 7.90. The molecule has 0 saturated heterocycles. The molecule has 0 fully saturated rings. The summed E-state index contributed by atoms with van der Waals surface area (Å²) in [5, 5.41) is 5.80. The molecule has 39 heavy (non-hydrogen) atoms. The third-order valence-corrected chi connectivity index (χ3v) is 9.12. The quantitative estimate of drug-likeness (QED) is 0.334. The minimum Gasteiger partial charge on any atom is -0.369 e. The van der Waals surface area contributed by atoms with Gasteiger partial charge in [-0.3, -0.25) is 14.4 Å². The molecule has 3 rings (SSSR count). The van der Waals surface area contributed by atoms with E-state index in [1.165, 1.54) is 11.3 Å². The summed E-state index contributed by atoms with van der Waals surface area (Å²) in [4.78, 5) is 45.3. The average Bonchev–Trinajstić information content (AvgIpc) is 3.40. The second-order valence-electron chi connectivity index (χ2n) is 11.6. The van der Waals surface area contributed by atoms with Crippen LogP contribution in [0.4, 0.5) is 0 Å². The Labute approximate surface area is 238 Å². The summed E-state index contributed by atoms with van der Waals surface area (Å²) in [6, 6.07) is 7.73. The van der Waals surface area contributed by atoms with E-state index in [1.807, 2.05) is 29.6 Å². The summed E-state index contributed by atoms with van der Waals surface area (Å²) < 4.78 is 0. The minimum absolute atomic E-state index is 0.112. The molecule has 214 valence electrons. The van der Waals surface area contributed by atoms with Gasteiger partial charge < -0.3 is 16.0 Å². The first-order chi connectivity index (χ1) is 18.5. The van der Waals surface area contributed by atoms with E-state index in [-0.39, 0.29) is 35.7 Å². The molecule has 1 aromatic heterocycles. The van der Waals surface area contributed by atoms with E-state index >= 15 is 0 Å². The Kier molecular flexibility index (Phi) is 11.1. The zero-order chi connectivity index (χ0) is 28.7. The van der Waals surface area contributed by atoms with E-state index in [1.54, 1.807) is 0 Å². The SMILES string of the molecule is CCCN(C(=O)CC(C)CC)C(CC(C)c1nc(C(=O)NC2Cc3ccccc3C(C(N)=O)C2)cs1)C(C)C. The number of nitrogens with two attached hydrogens (primary N) is 1. The van der Waals surface area contributed by atoms with Gasteiger partial charge in [-0.15, -0.1) is 11.3 Å². The number of aromatic nitrogens is 1. The lowest BCUT2D eigenvalue weighted by Gasteiger charge is -2.36. The number of amides is 3. The van der Waals surface area contributed by atoms with Gasteiger partial charge in [0.05, 0.1) is 10.9 Å². The van der Waals surface area contributed by atoms with Crippen LogP contribution in [0.15, 0.2) is 29.6 Å². The van der Waals surface area contributed by atoms with E-state index in [2.05, 4.69) is 51.8 Å². The van der Waals surface area contributed by atoms with Crippen molar-refractivity contribution in [2.45, 2.75) is 104 Å². The van der Waals surface area contributed by atoms with E-state index in [0.717, 1.165) is 41.9 Å². The van der Waals surface area contributed by atoms with Gasteiger partial charge in [-0.2, -0.15) is 0 Å². The van der Waals surface area contributed by atoms with E-state index in [9.17, 15) is 14.4 Å². The fraction of sp³-hybridized carbons (Fsp3) is 0.613. The van der Waals surface area contributed by atoms with Crippen LogP contribution < -0.4 is 11.1 Å². The Morgan fingerprint density at radius 3 is 2.51 bits per heavy atom. The summed E-state index contributed by atoms with van der Waals surface area (Å²) in [5.41, 5.74) is 8.09. The highest BCUT2D eigenvalue weighted by atomic mass is 32.1. The Balaban J connectivity index is 1.68. The first-order valence-corrected chi connectivity index (χ1v) is 15.4. The number of hydrogen-bond acceptors (Lipinski definition) is 5. The second kappa shape index (κ2) is 14.1. The first kappa shape index (κ1) is 30.8. The highest BCUT2D eigenvalue weighted by Gasteiger charge is 2.32. The summed E-state index contributed by atoms with van der Waals surface area (Å²) in [6.07, 6.45) is 4.45. The maximum Gasteiger partial charge on any atom is 0.270 e. The summed E-state index contributed by atoms with van der Waals surface area (Å²) in [5.74, 6) is 0.0288. The maximum absolute atomic E-state index is 13.2. The monoisotopic (exact) mass is 554 g/mol. The maximum atomic E-state index is 13.2. The van der Waals surface area contributed by atoms with Crippen LogP contribution in [0, 0.1) is 11.8 Å². The molecule has 1 aliphatic carbocycles. The number of carbonyl (C=O) groups excluding carboxylic acids is 3. The molecule has 3 amide bonds. The van der Waals surface area contributed by atoms with E-state index in [4.69, 9.17) is 10.7 Å². The predicted molar refractivity (Wildman–Crippen MR) is 158 cm³/mol.